The molecular weight excluding hydrogens is 370 g/mol. The maximum atomic E-state index is 12.8. The Labute approximate surface area is 169 Å². The van der Waals surface area contributed by atoms with E-state index in [2.05, 4.69) is 26.9 Å². The fourth-order valence-electron chi connectivity index (χ4n) is 4.05. The highest BCUT2D eigenvalue weighted by Crippen LogP contribution is 2.23. The van der Waals surface area contributed by atoms with Crippen molar-refractivity contribution in [3.05, 3.63) is 40.7 Å². The van der Waals surface area contributed by atoms with Crippen LogP contribution >= 0.6 is 0 Å². The minimum absolute atomic E-state index is 0.205. The van der Waals surface area contributed by atoms with Gasteiger partial charge in [0.25, 0.3) is 11.8 Å². The predicted molar refractivity (Wildman–Crippen MR) is 108 cm³/mol. The number of nitrogens with one attached hydrogen (secondary N) is 2. The van der Waals surface area contributed by atoms with E-state index >= 15 is 0 Å². The third-order valence-electron chi connectivity index (χ3n) is 5.52. The van der Waals surface area contributed by atoms with Gasteiger partial charge in [0, 0.05) is 19.2 Å². The molecular formula is C21H27N5O3. The molecule has 0 unspecified atom stereocenters. The molecule has 2 N–H and O–H groups in total. The summed E-state index contributed by atoms with van der Waals surface area (Å²) in [7, 11) is 0. The molecule has 1 aliphatic heterocycles. The van der Waals surface area contributed by atoms with Crippen molar-refractivity contribution in [3.63, 3.8) is 0 Å². The largest absolute Gasteiger partial charge is 0.360 e. The number of carbonyl (C=O) groups excluding carboxylic acids is 2. The molecule has 0 radical (unpaired) electrons. The van der Waals surface area contributed by atoms with E-state index in [9.17, 15) is 9.59 Å². The zero-order valence-electron chi connectivity index (χ0n) is 16.8. The van der Waals surface area contributed by atoms with Gasteiger partial charge in [-0.3, -0.25) is 9.59 Å². The van der Waals surface area contributed by atoms with Gasteiger partial charge >= 0.3 is 0 Å². The summed E-state index contributed by atoms with van der Waals surface area (Å²) in [6.45, 7) is 3.03. The Bertz CT molecular complexity index is 940. The molecule has 0 atom stereocenters. The number of allylic oxidation sites excluding steroid dienone is 1. The maximum absolute atomic E-state index is 12.8. The first-order valence-electron chi connectivity index (χ1n) is 10.4. The molecule has 3 heterocycles. The standard InChI is InChI=1S/C21H27N5O3/c1-14-13-17(25-29-14)23-21(28)19-24-18(16-9-5-6-12-26(16)19)20(27)22-11-10-15-7-3-2-4-8-15/h7,13H,2-6,8-12H2,1H3,(H,22,27)(H,23,25,28). The summed E-state index contributed by atoms with van der Waals surface area (Å²) in [6, 6.07) is 1.64. The third kappa shape index (κ3) is 4.41. The lowest BCUT2D eigenvalue weighted by molar-refractivity contribution is 0.0948. The lowest BCUT2D eigenvalue weighted by atomic mass is 9.97. The second-order valence-corrected chi connectivity index (χ2v) is 7.73. The lowest BCUT2D eigenvalue weighted by Gasteiger charge is -2.17. The van der Waals surface area contributed by atoms with Crippen molar-refractivity contribution in [1.82, 2.24) is 20.0 Å². The highest BCUT2D eigenvalue weighted by Gasteiger charge is 2.27. The number of fused-ring (bicyclic) bond motifs is 1. The molecule has 2 aliphatic rings. The average Bonchev–Trinajstić information content (AvgIpc) is 3.32. The predicted octanol–water partition coefficient (Wildman–Crippen LogP) is 3.39. The molecule has 0 spiro atoms. The topological polar surface area (TPSA) is 102 Å². The first-order chi connectivity index (χ1) is 14.1. The number of hydrogen-bond acceptors (Lipinski definition) is 5. The molecule has 2 aromatic heterocycles. The molecule has 8 nitrogen and oxygen atoms in total. The second-order valence-electron chi connectivity index (χ2n) is 7.73. The zero-order valence-corrected chi connectivity index (χ0v) is 16.8. The van der Waals surface area contributed by atoms with Gasteiger partial charge in [0.2, 0.25) is 0 Å². The Morgan fingerprint density at radius 1 is 1.17 bits per heavy atom. The normalized spacial score (nSPS) is 16.1. The Morgan fingerprint density at radius 2 is 2.03 bits per heavy atom. The van der Waals surface area contributed by atoms with Crippen molar-refractivity contribution in [1.29, 1.82) is 0 Å². The smallest absolute Gasteiger partial charge is 0.292 e. The molecule has 0 saturated carbocycles. The van der Waals surface area contributed by atoms with E-state index in [4.69, 9.17) is 4.52 Å². The van der Waals surface area contributed by atoms with Crippen LogP contribution in [0.25, 0.3) is 0 Å². The number of amides is 2. The number of aryl methyl sites for hydroxylation is 1. The average molecular weight is 397 g/mol. The van der Waals surface area contributed by atoms with Crippen LogP contribution in [-0.2, 0) is 13.0 Å². The van der Waals surface area contributed by atoms with Gasteiger partial charge < -0.3 is 19.7 Å². The van der Waals surface area contributed by atoms with Crippen molar-refractivity contribution < 1.29 is 14.1 Å². The number of carbonyl (C=O) groups is 2. The van der Waals surface area contributed by atoms with Crippen LogP contribution in [0, 0.1) is 6.92 Å². The van der Waals surface area contributed by atoms with Crippen LogP contribution in [-0.4, -0.2) is 33.1 Å². The van der Waals surface area contributed by atoms with Crippen LogP contribution in [0.2, 0.25) is 0 Å². The Hall–Kier alpha value is -2.90. The molecule has 0 saturated heterocycles. The summed E-state index contributed by atoms with van der Waals surface area (Å²) in [4.78, 5) is 30.0. The summed E-state index contributed by atoms with van der Waals surface area (Å²) in [5.74, 6) is 0.614. The van der Waals surface area contributed by atoms with E-state index in [0.717, 1.165) is 44.2 Å². The van der Waals surface area contributed by atoms with Crippen molar-refractivity contribution >= 4 is 17.6 Å². The highest BCUT2D eigenvalue weighted by atomic mass is 16.5. The molecule has 29 heavy (non-hydrogen) atoms. The van der Waals surface area contributed by atoms with E-state index in [1.54, 1.807) is 13.0 Å². The number of imidazole rings is 1. The molecule has 0 bridgehead atoms. The summed E-state index contributed by atoms with van der Waals surface area (Å²) in [5.41, 5.74) is 2.63. The Morgan fingerprint density at radius 3 is 2.79 bits per heavy atom. The maximum Gasteiger partial charge on any atom is 0.292 e. The molecule has 154 valence electrons. The molecule has 0 aromatic carbocycles. The lowest BCUT2D eigenvalue weighted by Crippen LogP contribution is -2.27. The van der Waals surface area contributed by atoms with E-state index in [0.29, 0.717) is 30.4 Å². The molecule has 2 aromatic rings. The van der Waals surface area contributed by atoms with Gasteiger partial charge in [-0.05, 0) is 58.3 Å². The van der Waals surface area contributed by atoms with E-state index < -0.39 is 0 Å². The van der Waals surface area contributed by atoms with E-state index in [1.807, 2.05) is 4.57 Å². The first kappa shape index (κ1) is 19.4. The number of nitrogens with zero attached hydrogens (tertiary/aromatic N) is 3. The van der Waals surface area contributed by atoms with E-state index in [1.165, 1.54) is 18.4 Å². The number of hydrogen-bond donors (Lipinski definition) is 2. The Kier molecular flexibility index (Phi) is 5.78. The Balaban J connectivity index is 1.47. The quantitative estimate of drug-likeness (QED) is 0.728. The van der Waals surface area contributed by atoms with Gasteiger partial charge in [-0.15, -0.1) is 0 Å². The van der Waals surface area contributed by atoms with Crippen molar-refractivity contribution in [2.24, 2.45) is 0 Å². The van der Waals surface area contributed by atoms with Gasteiger partial charge in [0.15, 0.2) is 11.6 Å². The fraction of sp³-hybridized carbons (Fsp3) is 0.524. The van der Waals surface area contributed by atoms with Crippen molar-refractivity contribution in [3.8, 4) is 0 Å². The second kappa shape index (κ2) is 8.63. The van der Waals surface area contributed by atoms with Crippen LogP contribution in [0.4, 0.5) is 5.82 Å². The van der Waals surface area contributed by atoms with Crippen LogP contribution in [0.3, 0.4) is 0 Å². The summed E-state index contributed by atoms with van der Waals surface area (Å²) >= 11 is 0. The molecule has 0 fully saturated rings. The van der Waals surface area contributed by atoms with Gasteiger partial charge in [-0.1, -0.05) is 16.8 Å². The third-order valence-corrected chi connectivity index (χ3v) is 5.52. The van der Waals surface area contributed by atoms with Crippen LogP contribution in [0.5, 0.6) is 0 Å². The monoisotopic (exact) mass is 397 g/mol. The van der Waals surface area contributed by atoms with Gasteiger partial charge in [0.05, 0.1) is 5.69 Å². The van der Waals surface area contributed by atoms with Crippen LogP contribution < -0.4 is 10.6 Å². The minimum atomic E-state index is -0.382. The van der Waals surface area contributed by atoms with Gasteiger partial charge in [-0.25, -0.2) is 4.98 Å². The summed E-state index contributed by atoms with van der Waals surface area (Å²) < 4.78 is 6.86. The van der Waals surface area contributed by atoms with Gasteiger partial charge in [-0.2, -0.15) is 0 Å². The molecule has 1 aliphatic carbocycles. The van der Waals surface area contributed by atoms with Gasteiger partial charge in [0.1, 0.15) is 11.5 Å². The summed E-state index contributed by atoms with van der Waals surface area (Å²) in [6.07, 6.45) is 10.6. The SMILES string of the molecule is Cc1cc(NC(=O)c2nc(C(=O)NCCC3=CCCCC3)c3n2CCCC3)no1. The number of anilines is 1. The minimum Gasteiger partial charge on any atom is -0.360 e. The van der Waals surface area contributed by atoms with Crippen molar-refractivity contribution in [2.75, 3.05) is 11.9 Å². The summed E-state index contributed by atoms with van der Waals surface area (Å²) in [5, 5.41) is 9.48. The first-order valence-corrected chi connectivity index (χ1v) is 10.4. The number of rotatable bonds is 6. The van der Waals surface area contributed by atoms with Crippen molar-refractivity contribution in [2.45, 2.75) is 64.8 Å². The molecule has 2 amide bonds. The zero-order chi connectivity index (χ0) is 20.2. The van der Waals surface area contributed by atoms with Crippen LogP contribution in [0.1, 0.15) is 77.5 Å². The van der Waals surface area contributed by atoms with E-state index in [-0.39, 0.29) is 17.6 Å². The molecule has 8 heteroatoms. The highest BCUT2D eigenvalue weighted by molar-refractivity contribution is 6.03. The van der Waals surface area contributed by atoms with Crippen LogP contribution in [0.15, 0.2) is 22.2 Å². The number of aromatic nitrogens is 3. The fourth-order valence-corrected chi connectivity index (χ4v) is 4.05. The molecule has 4 rings (SSSR count).